The topological polar surface area (TPSA) is 29.9 Å². The number of alkyl halides is 1. The third-order valence-corrected chi connectivity index (χ3v) is 3.06. The van der Waals surface area contributed by atoms with E-state index in [4.69, 9.17) is 11.6 Å². The van der Waals surface area contributed by atoms with Gasteiger partial charge in [0.2, 0.25) is 0 Å². The Hall–Kier alpha value is -0.540. The molecule has 0 aliphatic heterocycles. The van der Waals surface area contributed by atoms with Gasteiger partial charge >= 0.3 is 0 Å². The first-order chi connectivity index (χ1) is 7.94. The van der Waals surface area contributed by atoms with E-state index in [1.165, 1.54) is 0 Å². The molecule has 0 bridgehead atoms. The fourth-order valence-corrected chi connectivity index (χ4v) is 2.14. The van der Waals surface area contributed by atoms with Crippen molar-refractivity contribution in [2.45, 2.75) is 46.7 Å². The molecule has 1 aromatic heterocycles. The summed E-state index contributed by atoms with van der Waals surface area (Å²) in [7, 11) is 0. The monoisotopic (exact) mass is 257 g/mol. The molecule has 1 heterocycles. The van der Waals surface area contributed by atoms with E-state index in [1.54, 1.807) is 0 Å². The summed E-state index contributed by atoms with van der Waals surface area (Å²) in [6.45, 7) is 10.5. The Morgan fingerprint density at radius 1 is 1.47 bits per heavy atom. The molecule has 1 aromatic rings. The summed E-state index contributed by atoms with van der Waals surface area (Å²) in [6.07, 6.45) is 3.06. The van der Waals surface area contributed by atoms with Crippen molar-refractivity contribution in [1.29, 1.82) is 0 Å². The van der Waals surface area contributed by atoms with Crippen LogP contribution in [-0.4, -0.2) is 22.2 Å². The second-order valence-corrected chi connectivity index (χ2v) is 5.97. The summed E-state index contributed by atoms with van der Waals surface area (Å²) in [5, 5.41) is 7.95. The number of halogens is 1. The summed E-state index contributed by atoms with van der Waals surface area (Å²) in [5.74, 6) is 0.719. The van der Waals surface area contributed by atoms with Crippen molar-refractivity contribution in [1.82, 2.24) is 15.1 Å². The predicted molar refractivity (Wildman–Crippen MR) is 73.4 cm³/mol. The van der Waals surface area contributed by atoms with Crippen LogP contribution in [0.15, 0.2) is 12.3 Å². The van der Waals surface area contributed by atoms with Gasteiger partial charge in [-0.3, -0.25) is 4.68 Å². The van der Waals surface area contributed by atoms with Gasteiger partial charge in [-0.15, -0.1) is 11.6 Å². The maximum Gasteiger partial charge on any atom is 0.0762 e. The fourth-order valence-electron chi connectivity index (χ4n) is 1.63. The Kier molecular flexibility index (Phi) is 5.47. The Morgan fingerprint density at radius 2 is 2.18 bits per heavy atom. The number of hydrogen-bond donors (Lipinski definition) is 1. The van der Waals surface area contributed by atoms with Gasteiger partial charge in [0.1, 0.15) is 0 Å². The first kappa shape index (κ1) is 14.5. The molecule has 0 aliphatic rings. The van der Waals surface area contributed by atoms with Crippen molar-refractivity contribution >= 4 is 11.6 Å². The molecular weight excluding hydrogens is 234 g/mol. The molecule has 1 N–H and O–H groups in total. The van der Waals surface area contributed by atoms with Crippen LogP contribution in [0.4, 0.5) is 0 Å². The van der Waals surface area contributed by atoms with Gasteiger partial charge in [-0.1, -0.05) is 13.8 Å². The fraction of sp³-hybridized carbons (Fsp3) is 0.769. The molecule has 0 aliphatic carbocycles. The lowest BCUT2D eigenvalue weighted by atomic mass is 9.90. The molecule has 1 rings (SSSR count). The number of rotatable bonds is 7. The smallest absolute Gasteiger partial charge is 0.0762 e. The zero-order chi connectivity index (χ0) is 12.9. The van der Waals surface area contributed by atoms with E-state index in [0.29, 0.717) is 6.04 Å². The second kappa shape index (κ2) is 6.41. The van der Waals surface area contributed by atoms with Crippen LogP contribution >= 0.6 is 11.6 Å². The molecule has 0 saturated carbocycles. The maximum absolute atomic E-state index is 5.78. The van der Waals surface area contributed by atoms with Crippen molar-refractivity contribution < 1.29 is 0 Å². The number of aromatic nitrogens is 2. The van der Waals surface area contributed by atoms with Crippen LogP contribution in [0.3, 0.4) is 0 Å². The Morgan fingerprint density at radius 3 is 2.71 bits per heavy atom. The van der Waals surface area contributed by atoms with Gasteiger partial charge in [-0.2, -0.15) is 5.10 Å². The zero-order valence-electron chi connectivity index (χ0n) is 11.3. The van der Waals surface area contributed by atoms with E-state index in [2.05, 4.69) is 44.2 Å². The lowest BCUT2D eigenvalue weighted by Crippen LogP contribution is -2.29. The molecule has 0 radical (unpaired) electrons. The minimum atomic E-state index is 0.252. The quantitative estimate of drug-likeness (QED) is 0.761. The van der Waals surface area contributed by atoms with Gasteiger partial charge in [0.25, 0.3) is 0 Å². The molecule has 0 amide bonds. The number of hydrogen-bond acceptors (Lipinski definition) is 2. The highest BCUT2D eigenvalue weighted by Crippen LogP contribution is 2.19. The summed E-state index contributed by atoms with van der Waals surface area (Å²) < 4.78 is 1.99. The van der Waals surface area contributed by atoms with Crippen LogP contribution in [0, 0.1) is 5.41 Å². The molecule has 3 nitrogen and oxygen atoms in total. The Balaban J connectivity index is 2.35. The van der Waals surface area contributed by atoms with Gasteiger partial charge in [-0.25, -0.2) is 0 Å². The highest BCUT2D eigenvalue weighted by molar-refractivity contribution is 6.17. The molecule has 17 heavy (non-hydrogen) atoms. The Labute approximate surface area is 110 Å². The molecule has 0 saturated heterocycles. The van der Waals surface area contributed by atoms with Crippen LogP contribution in [0.2, 0.25) is 0 Å². The highest BCUT2D eigenvalue weighted by atomic mass is 35.5. The number of nitrogens with zero attached hydrogens (tertiary/aromatic N) is 2. The largest absolute Gasteiger partial charge is 0.311 e. The first-order valence-electron chi connectivity index (χ1n) is 6.25. The van der Waals surface area contributed by atoms with E-state index < -0.39 is 0 Å². The van der Waals surface area contributed by atoms with Crippen LogP contribution in [0.5, 0.6) is 0 Å². The molecule has 0 unspecified atom stereocenters. The van der Waals surface area contributed by atoms with Gasteiger partial charge in [0.15, 0.2) is 0 Å². The molecule has 0 spiro atoms. The predicted octanol–water partition coefficient (Wildman–Crippen LogP) is 3.21. The summed E-state index contributed by atoms with van der Waals surface area (Å²) in [4.78, 5) is 0. The van der Waals surface area contributed by atoms with Crippen LogP contribution < -0.4 is 5.32 Å². The Bertz CT molecular complexity index is 331. The molecule has 0 aromatic carbocycles. The average Bonchev–Trinajstić information content (AvgIpc) is 2.66. The summed E-state index contributed by atoms with van der Waals surface area (Å²) in [5.41, 5.74) is 1.35. The summed E-state index contributed by atoms with van der Waals surface area (Å²) in [6, 6.07) is 2.50. The minimum absolute atomic E-state index is 0.252. The third-order valence-electron chi connectivity index (χ3n) is 2.87. The van der Waals surface area contributed by atoms with Gasteiger partial charge in [0.05, 0.1) is 5.69 Å². The SMILES string of the molecule is CC(C)n1ccc(CNCC(C)(C)CCCl)n1. The van der Waals surface area contributed by atoms with Crippen LogP contribution in [0.1, 0.15) is 45.9 Å². The van der Waals surface area contributed by atoms with Crippen LogP contribution in [0.25, 0.3) is 0 Å². The lowest BCUT2D eigenvalue weighted by Gasteiger charge is -2.23. The van der Waals surface area contributed by atoms with Crippen molar-refractivity contribution in [3.63, 3.8) is 0 Å². The first-order valence-corrected chi connectivity index (χ1v) is 6.79. The maximum atomic E-state index is 5.78. The second-order valence-electron chi connectivity index (χ2n) is 5.59. The molecular formula is C13H24ClN3. The average molecular weight is 258 g/mol. The summed E-state index contributed by atoms with van der Waals surface area (Å²) >= 11 is 5.78. The minimum Gasteiger partial charge on any atom is -0.311 e. The highest BCUT2D eigenvalue weighted by Gasteiger charge is 2.16. The van der Waals surface area contributed by atoms with Crippen molar-refractivity contribution in [3.05, 3.63) is 18.0 Å². The lowest BCUT2D eigenvalue weighted by molar-refractivity contribution is 0.328. The van der Waals surface area contributed by atoms with E-state index in [9.17, 15) is 0 Å². The van der Waals surface area contributed by atoms with Crippen molar-refractivity contribution in [2.75, 3.05) is 12.4 Å². The van der Waals surface area contributed by atoms with E-state index in [0.717, 1.165) is 31.1 Å². The van der Waals surface area contributed by atoms with Crippen molar-refractivity contribution in [3.8, 4) is 0 Å². The van der Waals surface area contributed by atoms with Crippen LogP contribution in [-0.2, 0) is 6.54 Å². The van der Waals surface area contributed by atoms with E-state index >= 15 is 0 Å². The zero-order valence-corrected chi connectivity index (χ0v) is 12.1. The third kappa shape index (κ3) is 5.09. The normalized spacial score (nSPS) is 12.4. The standard InChI is InChI=1S/C13H24ClN3/c1-11(2)17-8-5-12(16-17)9-15-10-13(3,4)6-7-14/h5,8,11,15H,6-7,9-10H2,1-4H3. The molecule has 98 valence electrons. The van der Waals surface area contributed by atoms with Gasteiger partial charge in [-0.05, 0) is 31.7 Å². The van der Waals surface area contributed by atoms with Gasteiger partial charge in [0, 0.05) is 31.2 Å². The van der Waals surface area contributed by atoms with Crippen molar-refractivity contribution in [2.24, 2.45) is 5.41 Å². The van der Waals surface area contributed by atoms with Gasteiger partial charge < -0.3 is 5.32 Å². The molecule has 4 heteroatoms. The molecule has 0 atom stereocenters. The van der Waals surface area contributed by atoms with E-state index in [1.807, 2.05) is 10.9 Å². The number of nitrogens with one attached hydrogen (secondary N) is 1. The van der Waals surface area contributed by atoms with E-state index in [-0.39, 0.29) is 5.41 Å². The molecule has 0 fully saturated rings.